The van der Waals surface area contributed by atoms with Crippen molar-refractivity contribution >= 4 is 50.7 Å². The number of benzene rings is 3. The molecule has 1 unspecified atom stereocenters. The minimum atomic E-state index is -4.09. The fraction of sp³-hybridized carbons (Fsp3) is 0.259. The Morgan fingerprint density at radius 1 is 0.865 bits per heavy atom. The summed E-state index contributed by atoms with van der Waals surface area (Å²) < 4.78 is 28.3. The summed E-state index contributed by atoms with van der Waals surface area (Å²) in [6.07, 6.45) is 0. The Balaban J connectivity index is 2.00. The highest BCUT2D eigenvalue weighted by molar-refractivity contribution is 7.92. The van der Waals surface area contributed by atoms with Gasteiger partial charge in [-0.15, -0.1) is 0 Å². The van der Waals surface area contributed by atoms with Crippen molar-refractivity contribution in [1.82, 2.24) is 10.2 Å². The van der Waals surface area contributed by atoms with E-state index in [2.05, 4.69) is 5.32 Å². The van der Waals surface area contributed by atoms with E-state index in [0.29, 0.717) is 21.3 Å². The SMILES string of the molecule is CC(C)NC(=O)C(C)N(Cc1ccc(Cl)c(Cl)c1)C(=O)CN(c1ccccc1)S(=O)(=O)c1ccccc1. The Bertz CT molecular complexity index is 1340. The van der Waals surface area contributed by atoms with Crippen LogP contribution < -0.4 is 9.62 Å². The predicted molar refractivity (Wildman–Crippen MR) is 147 cm³/mol. The molecule has 0 fully saturated rings. The lowest BCUT2D eigenvalue weighted by molar-refractivity contribution is -0.139. The summed E-state index contributed by atoms with van der Waals surface area (Å²) in [7, 11) is -4.09. The highest BCUT2D eigenvalue weighted by Crippen LogP contribution is 2.26. The molecular weight excluding hydrogens is 533 g/mol. The van der Waals surface area contributed by atoms with Gasteiger partial charge in [-0.25, -0.2) is 8.42 Å². The molecule has 10 heteroatoms. The second kappa shape index (κ2) is 12.4. The highest BCUT2D eigenvalue weighted by atomic mass is 35.5. The van der Waals surface area contributed by atoms with Crippen molar-refractivity contribution in [2.45, 2.75) is 44.3 Å². The quantitative estimate of drug-likeness (QED) is 0.371. The average molecular weight is 563 g/mol. The van der Waals surface area contributed by atoms with Crippen molar-refractivity contribution in [2.75, 3.05) is 10.8 Å². The first kappa shape index (κ1) is 28.5. The van der Waals surface area contributed by atoms with E-state index in [1.807, 2.05) is 13.8 Å². The number of halogens is 2. The van der Waals surface area contributed by atoms with Crippen LogP contribution in [0.4, 0.5) is 5.69 Å². The molecule has 196 valence electrons. The zero-order valence-corrected chi connectivity index (χ0v) is 23.1. The van der Waals surface area contributed by atoms with Gasteiger partial charge in [-0.3, -0.25) is 13.9 Å². The van der Waals surface area contributed by atoms with Gasteiger partial charge in [0.05, 0.1) is 20.6 Å². The third-order valence-corrected chi connectivity index (χ3v) is 8.12. The number of amides is 2. The highest BCUT2D eigenvalue weighted by Gasteiger charge is 2.32. The number of anilines is 1. The Kier molecular flexibility index (Phi) is 9.59. The Morgan fingerprint density at radius 2 is 1.46 bits per heavy atom. The van der Waals surface area contributed by atoms with Crippen LogP contribution in [-0.4, -0.2) is 43.8 Å². The molecule has 37 heavy (non-hydrogen) atoms. The standard InChI is InChI=1S/C27H29Cl2N3O4S/c1-19(2)30-27(34)20(3)31(17-21-14-15-24(28)25(29)16-21)26(33)18-32(22-10-6-4-7-11-22)37(35,36)23-12-8-5-9-13-23/h4-16,19-20H,17-18H2,1-3H3,(H,30,34). The fourth-order valence-corrected chi connectivity index (χ4v) is 5.42. The molecule has 2 amide bonds. The third-order valence-electron chi connectivity index (χ3n) is 5.59. The molecular formula is C27H29Cl2N3O4S. The largest absolute Gasteiger partial charge is 0.352 e. The fourth-order valence-electron chi connectivity index (χ4n) is 3.67. The smallest absolute Gasteiger partial charge is 0.264 e. The van der Waals surface area contributed by atoms with E-state index in [4.69, 9.17) is 23.2 Å². The average Bonchev–Trinajstić information content (AvgIpc) is 2.87. The minimum absolute atomic E-state index is 0.0242. The Hall–Kier alpha value is -3.07. The molecule has 3 aromatic carbocycles. The summed E-state index contributed by atoms with van der Waals surface area (Å²) in [5, 5.41) is 3.48. The zero-order valence-electron chi connectivity index (χ0n) is 20.8. The Morgan fingerprint density at radius 3 is 2.03 bits per heavy atom. The summed E-state index contributed by atoms with van der Waals surface area (Å²) in [6, 6.07) is 20.2. The van der Waals surface area contributed by atoms with Crippen LogP contribution in [0.5, 0.6) is 0 Å². The van der Waals surface area contributed by atoms with Crippen LogP contribution in [0.25, 0.3) is 0 Å². The number of nitrogens with one attached hydrogen (secondary N) is 1. The number of para-hydroxylation sites is 1. The lowest BCUT2D eigenvalue weighted by Gasteiger charge is -2.32. The molecule has 0 saturated heterocycles. The van der Waals surface area contributed by atoms with Gasteiger partial charge in [-0.1, -0.05) is 65.7 Å². The van der Waals surface area contributed by atoms with E-state index in [-0.39, 0.29) is 23.4 Å². The number of carbonyl (C=O) groups is 2. The molecule has 0 bridgehead atoms. The summed E-state index contributed by atoms with van der Waals surface area (Å²) in [4.78, 5) is 28.1. The van der Waals surface area contributed by atoms with Gasteiger partial charge in [-0.2, -0.15) is 0 Å². The summed E-state index contributed by atoms with van der Waals surface area (Å²) in [5.41, 5.74) is 0.970. The molecule has 0 saturated carbocycles. The number of hydrogen-bond acceptors (Lipinski definition) is 4. The molecule has 0 aliphatic carbocycles. The first-order valence-electron chi connectivity index (χ1n) is 11.7. The van der Waals surface area contributed by atoms with Gasteiger partial charge in [0.1, 0.15) is 12.6 Å². The third kappa shape index (κ3) is 7.25. The van der Waals surface area contributed by atoms with Crippen LogP contribution in [0.1, 0.15) is 26.3 Å². The molecule has 0 spiro atoms. The molecule has 0 radical (unpaired) electrons. The maximum absolute atomic E-state index is 13.8. The zero-order chi connectivity index (χ0) is 27.2. The summed E-state index contributed by atoms with van der Waals surface area (Å²) in [5.74, 6) is -0.915. The van der Waals surface area contributed by atoms with E-state index in [0.717, 1.165) is 4.31 Å². The summed E-state index contributed by atoms with van der Waals surface area (Å²) in [6.45, 7) is 4.75. The molecule has 0 aliphatic rings. The van der Waals surface area contributed by atoms with Crippen LogP contribution in [0.15, 0.2) is 83.8 Å². The predicted octanol–water partition coefficient (Wildman–Crippen LogP) is 5.13. The van der Waals surface area contributed by atoms with Gasteiger partial charge >= 0.3 is 0 Å². The lowest BCUT2D eigenvalue weighted by Crippen LogP contribution is -2.52. The number of sulfonamides is 1. The number of nitrogens with zero attached hydrogens (tertiary/aromatic N) is 2. The second-order valence-corrected chi connectivity index (χ2v) is 11.4. The van der Waals surface area contributed by atoms with E-state index in [9.17, 15) is 18.0 Å². The van der Waals surface area contributed by atoms with Crippen molar-refractivity contribution in [3.8, 4) is 0 Å². The van der Waals surface area contributed by atoms with Crippen LogP contribution >= 0.6 is 23.2 Å². The molecule has 0 aliphatic heterocycles. The van der Waals surface area contributed by atoms with E-state index < -0.39 is 28.5 Å². The molecule has 0 aromatic heterocycles. The van der Waals surface area contributed by atoms with Crippen molar-refractivity contribution in [3.63, 3.8) is 0 Å². The first-order valence-corrected chi connectivity index (χ1v) is 13.9. The van der Waals surface area contributed by atoms with Crippen LogP contribution in [-0.2, 0) is 26.2 Å². The van der Waals surface area contributed by atoms with Gasteiger partial charge in [0.15, 0.2) is 0 Å². The van der Waals surface area contributed by atoms with Crippen molar-refractivity contribution in [1.29, 1.82) is 0 Å². The van der Waals surface area contributed by atoms with E-state index in [1.165, 1.54) is 17.0 Å². The van der Waals surface area contributed by atoms with Crippen LogP contribution in [0.2, 0.25) is 10.0 Å². The first-order chi connectivity index (χ1) is 17.5. The number of hydrogen-bond donors (Lipinski definition) is 1. The van der Waals surface area contributed by atoms with E-state index >= 15 is 0 Å². The number of rotatable bonds is 10. The molecule has 3 aromatic rings. The normalized spacial score (nSPS) is 12.2. The van der Waals surface area contributed by atoms with Crippen molar-refractivity contribution < 1.29 is 18.0 Å². The molecule has 7 nitrogen and oxygen atoms in total. The monoisotopic (exact) mass is 561 g/mol. The maximum Gasteiger partial charge on any atom is 0.264 e. The van der Waals surface area contributed by atoms with Gasteiger partial charge in [0.2, 0.25) is 11.8 Å². The van der Waals surface area contributed by atoms with Gasteiger partial charge in [0.25, 0.3) is 10.0 Å². The number of carbonyl (C=O) groups excluding carboxylic acids is 2. The molecule has 1 N–H and O–H groups in total. The molecule has 0 heterocycles. The molecule has 3 rings (SSSR count). The maximum atomic E-state index is 13.8. The van der Waals surface area contributed by atoms with Crippen LogP contribution in [0.3, 0.4) is 0 Å². The van der Waals surface area contributed by atoms with Gasteiger partial charge in [-0.05, 0) is 62.7 Å². The van der Waals surface area contributed by atoms with Crippen molar-refractivity contribution in [3.05, 3.63) is 94.5 Å². The van der Waals surface area contributed by atoms with E-state index in [1.54, 1.807) is 73.7 Å². The van der Waals surface area contributed by atoms with Crippen LogP contribution in [0, 0.1) is 0 Å². The second-order valence-electron chi connectivity index (χ2n) is 8.77. The Labute approximate surface area is 228 Å². The topological polar surface area (TPSA) is 86.8 Å². The van der Waals surface area contributed by atoms with Crippen molar-refractivity contribution in [2.24, 2.45) is 0 Å². The molecule has 1 atom stereocenters. The minimum Gasteiger partial charge on any atom is -0.352 e. The summed E-state index contributed by atoms with van der Waals surface area (Å²) >= 11 is 12.2. The lowest BCUT2D eigenvalue weighted by atomic mass is 10.1. The van der Waals surface area contributed by atoms with Gasteiger partial charge in [0, 0.05) is 12.6 Å². The van der Waals surface area contributed by atoms with Gasteiger partial charge < -0.3 is 10.2 Å².